The van der Waals surface area contributed by atoms with Gasteiger partial charge in [0, 0.05) is 6.42 Å². The molecule has 0 atom stereocenters. The summed E-state index contributed by atoms with van der Waals surface area (Å²) < 4.78 is 0. The molecule has 0 fully saturated rings. The first kappa shape index (κ1) is 13.7. The molecule has 0 bridgehead atoms. The minimum atomic E-state index is -1.57. The summed E-state index contributed by atoms with van der Waals surface area (Å²) in [6.45, 7) is 0.209. The lowest BCUT2D eigenvalue weighted by molar-refractivity contribution is -0.485. The first-order chi connectivity index (χ1) is 7.13. The maximum atomic E-state index is 10.1. The van der Waals surface area contributed by atoms with Crippen molar-refractivity contribution < 1.29 is 34.6 Å². The van der Waals surface area contributed by atoms with Gasteiger partial charge in [-0.15, -0.1) is 0 Å². The van der Waals surface area contributed by atoms with Crippen LogP contribution in [-0.4, -0.2) is 28.9 Å². The van der Waals surface area contributed by atoms with E-state index in [2.05, 4.69) is 14.8 Å². The summed E-state index contributed by atoms with van der Waals surface area (Å²) in [5, 5.41) is 20.1. The van der Waals surface area contributed by atoms with Crippen LogP contribution < -0.4 is 0 Å². The van der Waals surface area contributed by atoms with Gasteiger partial charge in [0.1, 0.15) is 0 Å². The van der Waals surface area contributed by atoms with Crippen LogP contribution in [-0.2, 0) is 19.6 Å². The van der Waals surface area contributed by atoms with Gasteiger partial charge in [-0.1, -0.05) is 12.8 Å². The van der Waals surface area contributed by atoms with Crippen LogP contribution in [0.1, 0.15) is 32.1 Å². The summed E-state index contributed by atoms with van der Waals surface area (Å²) >= 11 is 0. The van der Waals surface area contributed by atoms with Crippen molar-refractivity contribution in [1.29, 1.82) is 0 Å². The molecular weight excluding hydrogens is 208 g/mol. The van der Waals surface area contributed by atoms with Crippen molar-refractivity contribution in [3.8, 4) is 0 Å². The molecule has 15 heavy (non-hydrogen) atoms. The van der Waals surface area contributed by atoms with Gasteiger partial charge in [-0.3, -0.25) is 4.79 Å². The van der Waals surface area contributed by atoms with Crippen molar-refractivity contribution in [2.24, 2.45) is 0 Å². The van der Waals surface area contributed by atoms with Crippen LogP contribution in [0, 0.1) is 0 Å². The number of hydrogen-bond acceptors (Lipinski definition) is 5. The summed E-state index contributed by atoms with van der Waals surface area (Å²) in [6, 6.07) is 0. The number of hydrogen-bond donors (Lipinski definition) is 2. The normalized spacial score (nSPS) is 9.87. The van der Waals surface area contributed by atoms with Gasteiger partial charge < -0.3 is 10.2 Å². The number of carboxylic acids is 1. The molecule has 7 heteroatoms. The third-order valence-electron chi connectivity index (χ3n) is 1.52. The molecule has 0 unspecified atom stereocenters. The van der Waals surface area contributed by atoms with E-state index in [1.807, 2.05) is 0 Å². The summed E-state index contributed by atoms with van der Waals surface area (Å²) in [5.74, 6) is -0.801. The lowest BCUT2D eigenvalue weighted by Crippen LogP contribution is -2.03. The molecular formula is C8H14O7. The third kappa shape index (κ3) is 12.7. The van der Waals surface area contributed by atoms with E-state index >= 15 is 0 Å². The zero-order valence-electron chi connectivity index (χ0n) is 8.18. The summed E-state index contributed by atoms with van der Waals surface area (Å²) in [6.07, 6.45) is 1.46. The molecule has 0 aromatic rings. The molecule has 0 saturated heterocycles. The van der Waals surface area contributed by atoms with Crippen LogP contribution in [0.4, 0.5) is 4.79 Å². The van der Waals surface area contributed by atoms with Crippen molar-refractivity contribution in [3.05, 3.63) is 0 Å². The molecule has 0 aliphatic rings. The highest BCUT2D eigenvalue weighted by atomic mass is 17.5. The molecule has 0 amide bonds. The van der Waals surface area contributed by atoms with Gasteiger partial charge in [0.2, 0.25) is 0 Å². The molecule has 0 aliphatic carbocycles. The van der Waals surface area contributed by atoms with Crippen molar-refractivity contribution in [1.82, 2.24) is 0 Å². The quantitative estimate of drug-likeness (QED) is 0.347. The minimum Gasteiger partial charge on any atom is -0.481 e. The summed E-state index contributed by atoms with van der Waals surface area (Å²) in [4.78, 5) is 27.8. The van der Waals surface area contributed by atoms with Crippen molar-refractivity contribution in [3.63, 3.8) is 0 Å². The fraction of sp³-hybridized carbons (Fsp3) is 0.750. The minimum absolute atomic E-state index is 0.166. The van der Waals surface area contributed by atoms with Crippen LogP contribution in [0.3, 0.4) is 0 Å². The van der Waals surface area contributed by atoms with E-state index in [0.29, 0.717) is 12.8 Å². The third-order valence-corrected chi connectivity index (χ3v) is 1.52. The smallest absolute Gasteiger partial charge is 0.481 e. The molecule has 7 nitrogen and oxygen atoms in total. The molecule has 0 aromatic heterocycles. The van der Waals surface area contributed by atoms with E-state index in [1.165, 1.54) is 0 Å². The molecule has 88 valence electrons. The Morgan fingerprint density at radius 1 is 1.00 bits per heavy atom. The Bertz CT molecular complexity index is 171. The van der Waals surface area contributed by atoms with Crippen LogP contribution in [0.25, 0.3) is 0 Å². The lowest BCUT2D eigenvalue weighted by Gasteiger charge is -2.00. The molecule has 2 N–H and O–H groups in total. The number of aliphatic carboxylic acids is 1. The predicted molar refractivity (Wildman–Crippen MR) is 46.9 cm³/mol. The van der Waals surface area contributed by atoms with Gasteiger partial charge in [-0.25, -0.2) is 9.68 Å². The largest absolute Gasteiger partial charge is 0.540 e. The monoisotopic (exact) mass is 222 g/mol. The van der Waals surface area contributed by atoms with Crippen molar-refractivity contribution in [2.45, 2.75) is 32.1 Å². The Labute approximate surface area is 86.4 Å². The van der Waals surface area contributed by atoms with Crippen LogP contribution >= 0.6 is 0 Å². The molecule has 0 rings (SSSR count). The second kappa shape index (κ2) is 9.22. The number of carbonyl (C=O) groups is 2. The Morgan fingerprint density at radius 2 is 1.67 bits per heavy atom. The average Bonchev–Trinajstić information content (AvgIpc) is 2.14. The van der Waals surface area contributed by atoms with Gasteiger partial charge in [0.15, 0.2) is 0 Å². The number of rotatable bonds is 9. The fourth-order valence-corrected chi connectivity index (χ4v) is 0.878. The highest BCUT2D eigenvalue weighted by molar-refractivity contribution is 5.66. The predicted octanol–water partition coefficient (Wildman–Crippen LogP) is 1.58. The van der Waals surface area contributed by atoms with Crippen molar-refractivity contribution in [2.75, 3.05) is 6.61 Å². The first-order valence-electron chi connectivity index (χ1n) is 4.54. The van der Waals surface area contributed by atoms with E-state index in [0.717, 1.165) is 12.8 Å². The van der Waals surface area contributed by atoms with Crippen molar-refractivity contribution >= 4 is 12.1 Å². The fourth-order valence-electron chi connectivity index (χ4n) is 0.878. The SMILES string of the molecule is O=C(O)CCCCCCOOOC(=O)O. The Hall–Kier alpha value is -1.34. The molecule has 0 heterocycles. The zero-order chi connectivity index (χ0) is 11.5. The highest BCUT2D eigenvalue weighted by Gasteiger charge is 1.99. The maximum Gasteiger partial charge on any atom is 0.540 e. The second-order valence-corrected chi connectivity index (χ2v) is 2.80. The highest BCUT2D eigenvalue weighted by Crippen LogP contribution is 2.03. The average molecular weight is 222 g/mol. The van der Waals surface area contributed by atoms with E-state index in [4.69, 9.17) is 10.2 Å². The van der Waals surface area contributed by atoms with Crippen LogP contribution in [0.2, 0.25) is 0 Å². The molecule has 0 aromatic carbocycles. The van der Waals surface area contributed by atoms with E-state index < -0.39 is 12.1 Å². The van der Waals surface area contributed by atoms with Gasteiger partial charge in [-0.2, -0.15) is 4.89 Å². The maximum absolute atomic E-state index is 10.1. The molecule has 0 radical (unpaired) electrons. The Kier molecular flexibility index (Phi) is 8.40. The zero-order valence-corrected chi connectivity index (χ0v) is 8.18. The second-order valence-electron chi connectivity index (χ2n) is 2.80. The number of carboxylic acid groups (broad SMARTS) is 2. The van der Waals surface area contributed by atoms with Crippen LogP contribution in [0.5, 0.6) is 0 Å². The summed E-state index contributed by atoms with van der Waals surface area (Å²) in [5.41, 5.74) is 0. The van der Waals surface area contributed by atoms with Gasteiger partial charge in [0.05, 0.1) is 6.61 Å². The molecule has 0 saturated carbocycles. The standard InChI is InChI=1S/C8H14O7/c9-7(10)5-3-1-2-4-6-13-15-14-8(11)12/h1-6H2,(H,9,10)(H,11,12). The topological polar surface area (TPSA) is 102 Å². The molecule has 0 aliphatic heterocycles. The van der Waals surface area contributed by atoms with Gasteiger partial charge >= 0.3 is 12.1 Å². The van der Waals surface area contributed by atoms with Crippen LogP contribution in [0.15, 0.2) is 0 Å². The number of unbranched alkanes of at least 4 members (excludes halogenated alkanes) is 3. The molecule has 0 spiro atoms. The first-order valence-corrected chi connectivity index (χ1v) is 4.54. The van der Waals surface area contributed by atoms with E-state index in [-0.39, 0.29) is 13.0 Å². The summed E-state index contributed by atoms with van der Waals surface area (Å²) in [7, 11) is 0. The van der Waals surface area contributed by atoms with Gasteiger partial charge in [-0.05, 0) is 17.9 Å². The Morgan fingerprint density at radius 3 is 2.27 bits per heavy atom. The van der Waals surface area contributed by atoms with Gasteiger partial charge in [0.25, 0.3) is 0 Å². The van der Waals surface area contributed by atoms with E-state index in [1.54, 1.807) is 0 Å². The Balaban J connectivity index is 2.99. The van der Waals surface area contributed by atoms with E-state index in [9.17, 15) is 9.59 Å². The lowest BCUT2D eigenvalue weighted by atomic mass is 10.1.